The number of amides is 1. The van der Waals surface area contributed by atoms with Gasteiger partial charge in [-0.1, -0.05) is 6.07 Å². The zero-order chi connectivity index (χ0) is 40.3. The Morgan fingerprint density at radius 2 is 1.60 bits per heavy atom. The maximum absolute atomic E-state index is 14.3. The number of ether oxygens (including phenoxy) is 7. The van der Waals surface area contributed by atoms with E-state index in [0.29, 0.717) is 46.6 Å². The molecule has 0 radical (unpaired) electrons. The van der Waals surface area contributed by atoms with Crippen molar-refractivity contribution < 1.29 is 69.5 Å². The van der Waals surface area contributed by atoms with Gasteiger partial charge in [0.1, 0.15) is 12.2 Å². The molecule has 2 aromatic carbocycles. The molecular weight excluding hydrogens is 741 g/mol. The summed E-state index contributed by atoms with van der Waals surface area (Å²) in [4.78, 5) is 47.0. The lowest BCUT2D eigenvalue weighted by molar-refractivity contribution is -0.276. The average Bonchev–Trinajstić information content (AvgIpc) is 3.08. The molecule has 0 saturated heterocycles. The standard InChI is InChI=1S/C37H40F5N3O10/c1-22(2)53-35(48)52-21-51-33(46)24-8-9-25-27-19-43-11-10-26(27)32(44-30(25)18-24)50-15-14-49-13-7-6-12-45(34(47)55-36(3,4)5)20-23-16-28(38)31(29(39)17-23)54-37(40,41)42/h8-11,16-19,22H,6-7,12-15,20-21H2,1-5H3. The molecule has 0 atom stereocenters. The van der Waals surface area contributed by atoms with Crippen molar-refractivity contribution in [2.24, 2.45) is 0 Å². The fraction of sp³-hybridized carbons (Fsp3) is 0.432. The zero-order valence-electron chi connectivity index (χ0n) is 30.7. The summed E-state index contributed by atoms with van der Waals surface area (Å²) in [7, 11) is 0. The number of aromatic nitrogens is 2. The lowest BCUT2D eigenvalue weighted by Crippen LogP contribution is -2.37. The van der Waals surface area contributed by atoms with E-state index in [4.69, 9.17) is 28.4 Å². The van der Waals surface area contributed by atoms with Gasteiger partial charge in [-0.3, -0.25) is 4.98 Å². The van der Waals surface area contributed by atoms with Crippen LogP contribution in [0.25, 0.3) is 21.7 Å². The largest absolute Gasteiger partial charge is 0.573 e. The third kappa shape index (κ3) is 13.1. The number of nitrogens with zero attached hydrogens (tertiary/aromatic N) is 3. The first-order valence-corrected chi connectivity index (χ1v) is 17.0. The molecule has 4 rings (SSSR count). The fourth-order valence-corrected chi connectivity index (χ4v) is 5.00. The van der Waals surface area contributed by atoms with Crippen LogP contribution in [0.4, 0.5) is 31.5 Å². The van der Waals surface area contributed by atoms with Gasteiger partial charge in [-0.15, -0.1) is 13.2 Å². The lowest BCUT2D eigenvalue weighted by Gasteiger charge is -2.27. The van der Waals surface area contributed by atoms with Crippen LogP contribution in [0.1, 0.15) is 63.4 Å². The molecule has 0 aliphatic carbocycles. The Morgan fingerprint density at radius 3 is 2.27 bits per heavy atom. The third-order valence-electron chi connectivity index (χ3n) is 7.23. The average molecular weight is 782 g/mol. The van der Waals surface area contributed by atoms with Gasteiger partial charge in [-0.25, -0.2) is 28.1 Å². The number of alkyl halides is 3. The summed E-state index contributed by atoms with van der Waals surface area (Å²) in [6, 6.07) is 7.79. The molecule has 1 amide bonds. The van der Waals surface area contributed by atoms with Crippen LogP contribution in [0.5, 0.6) is 11.6 Å². The monoisotopic (exact) mass is 781 g/mol. The predicted octanol–water partition coefficient (Wildman–Crippen LogP) is 8.25. The van der Waals surface area contributed by atoms with Gasteiger partial charge in [0.05, 0.1) is 23.8 Å². The quantitative estimate of drug-likeness (QED) is 0.0270. The van der Waals surface area contributed by atoms with Crippen LogP contribution in [-0.4, -0.2) is 84.3 Å². The number of halogens is 5. The Balaban J connectivity index is 1.31. The summed E-state index contributed by atoms with van der Waals surface area (Å²) in [5.41, 5.74) is -0.440. The highest BCUT2D eigenvalue weighted by Crippen LogP contribution is 2.32. The van der Waals surface area contributed by atoms with Crippen LogP contribution in [0.15, 0.2) is 48.8 Å². The minimum atomic E-state index is -5.30. The first-order chi connectivity index (χ1) is 25.9. The topological polar surface area (TPSA) is 145 Å². The molecule has 4 aromatic rings. The number of hydrogen-bond donors (Lipinski definition) is 0. The summed E-state index contributed by atoms with van der Waals surface area (Å²) >= 11 is 0. The predicted molar refractivity (Wildman–Crippen MR) is 185 cm³/mol. The molecular formula is C37H40F5N3O10. The summed E-state index contributed by atoms with van der Waals surface area (Å²) < 4.78 is 101. The molecule has 55 heavy (non-hydrogen) atoms. The number of pyridine rings is 2. The molecule has 0 unspecified atom stereocenters. The fourth-order valence-electron chi connectivity index (χ4n) is 5.00. The molecule has 0 spiro atoms. The van der Waals surface area contributed by atoms with Gasteiger partial charge < -0.3 is 38.1 Å². The molecule has 18 heteroatoms. The van der Waals surface area contributed by atoms with E-state index in [1.54, 1.807) is 65.2 Å². The molecule has 0 bridgehead atoms. The van der Waals surface area contributed by atoms with Crippen molar-refractivity contribution in [2.75, 3.05) is 33.2 Å². The minimum Gasteiger partial charge on any atom is -0.475 e. The van der Waals surface area contributed by atoms with Crippen LogP contribution >= 0.6 is 0 Å². The van der Waals surface area contributed by atoms with E-state index in [0.717, 1.165) is 0 Å². The normalized spacial score (nSPS) is 11.8. The van der Waals surface area contributed by atoms with Crippen LogP contribution in [0.3, 0.4) is 0 Å². The van der Waals surface area contributed by atoms with Gasteiger partial charge >= 0.3 is 24.6 Å². The Bertz CT molecular complexity index is 1950. The van der Waals surface area contributed by atoms with Gasteiger partial charge in [0.25, 0.3) is 0 Å². The van der Waals surface area contributed by atoms with Gasteiger partial charge in [0.2, 0.25) is 18.4 Å². The van der Waals surface area contributed by atoms with Crippen molar-refractivity contribution in [1.29, 1.82) is 0 Å². The van der Waals surface area contributed by atoms with E-state index in [1.807, 2.05) is 0 Å². The number of rotatable bonds is 16. The summed E-state index contributed by atoms with van der Waals surface area (Å²) in [6.45, 7) is 7.77. The van der Waals surface area contributed by atoms with Crippen molar-refractivity contribution in [3.8, 4) is 11.6 Å². The van der Waals surface area contributed by atoms with Crippen molar-refractivity contribution in [2.45, 2.75) is 72.1 Å². The highest BCUT2D eigenvalue weighted by atomic mass is 19.4. The van der Waals surface area contributed by atoms with Crippen molar-refractivity contribution in [3.63, 3.8) is 0 Å². The summed E-state index contributed by atoms with van der Waals surface area (Å²) in [6.07, 6.45) is -3.41. The molecule has 0 N–H and O–H groups in total. The number of carbonyl (C=O) groups is 3. The van der Waals surface area contributed by atoms with E-state index >= 15 is 0 Å². The Kier molecular flexibility index (Phi) is 14.3. The van der Waals surface area contributed by atoms with Crippen molar-refractivity contribution in [3.05, 3.63) is 71.6 Å². The van der Waals surface area contributed by atoms with Crippen LogP contribution < -0.4 is 9.47 Å². The first kappa shape index (κ1) is 42.2. The zero-order valence-corrected chi connectivity index (χ0v) is 30.7. The maximum Gasteiger partial charge on any atom is 0.573 e. The lowest BCUT2D eigenvalue weighted by atomic mass is 10.1. The SMILES string of the molecule is CC(C)OC(=O)OCOC(=O)c1ccc2c(c1)nc(OCCOCCCCN(Cc1cc(F)c(OC(F)(F)F)c(F)c1)C(=O)OC(C)(C)C)c1ccncc12. The van der Waals surface area contributed by atoms with E-state index in [2.05, 4.69) is 14.7 Å². The number of carbonyl (C=O) groups excluding carboxylic acids is 3. The van der Waals surface area contributed by atoms with Crippen LogP contribution in [0, 0.1) is 11.6 Å². The van der Waals surface area contributed by atoms with Gasteiger partial charge in [0.15, 0.2) is 11.6 Å². The Morgan fingerprint density at radius 1 is 0.873 bits per heavy atom. The number of benzene rings is 2. The highest BCUT2D eigenvalue weighted by Gasteiger charge is 2.34. The molecule has 2 aromatic heterocycles. The van der Waals surface area contributed by atoms with Crippen molar-refractivity contribution >= 4 is 39.9 Å². The van der Waals surface area contributed by atoms with E-state index in [-0.39, 0.29) is 49.9 Å². The second-order valence-corrected chi connectivity index (χ2v) is 13.2. The van der Waals surface area contributed by atoms with Gasteiger partial charge in [-0.05, 0) is 83.4 Å². The van der Waals surface area contributed by atoms with Crippen molar-refractivity contribution in [1.82, 2.24) is 14.9 Å². The van der Waals surface area contributed by atoms with E-state index in [1.165, 1.54) is 11.0 Å². The highest BCUT2D eigenvalue weighted by molar-refractivity contribution is 6.08. The Hall–Kier alpha value is -5.52. The minimum absolute atomic E-state index is 0.0765. The van der Waals surface area contributed by atoms with Gasteiger partial charge in [-0.2, -0.15) is 0 Å². The summed E-state index contributed by atoms with van der Waals surface area (Å²) in [5.74, 6) is -5.24. The molecule has 0 fully saturated rings. The number of fused-ring (bicyclic) bond motifs is 3. The van der Waals surface area contributed by atoms with Gasteiger partial charge in [0, 0.05) is 48.2 Å². The Labute approximate surface area is 312 Å². The maximum atomic E-state index is 14.3. The number of hydrogen-bond acceptors (Lipinski definition) is 12. The van der Waals surface area contributed by atoms with E-state index < -0.39 is 60.5 Å². The van der Waals surface area contributed by atoms with Crippen LogP contribution in [0.2, 0.25) is 0 Å². The second-order valence-electron chi connectivity index (χ2n) is 13.2. The second kappa shape index (κ2) is 18.7. The first-order valence-electron chi connectivity index (χ1n) is 17.0. The smallest absolute Gasteiger partial charge is 0.475 e. The number of unbranched alkanes of at least 4 members (excludes halogenated alkanes) is 1. The molecule has 0 saturated carbocycles. The molecule has 0 aliphatic heterocycles. The van der Waals surface area contributed by atoms with Crippen LogP contribution in [-0.2, 0) is 30.2 Å². The third-order valence-corrected chi connectivity index (χ3v) is 7.23. The summed E-state index contributed by atoms with van der Waals surface area (Å²) in [5, 5.41) is 2.08. The molecule has 13 nitrogen and oxygen atoms in total. The van der Waals surface area contributed by atoms with E-state index in [9.17, 15) is 36.3 Å². The molecule has 298 valence electrons. The molecule has 0 aliphatic rings. The molecule has 2 heterocycles. The number of esters is 1.